The highest BCUT2D eigenvalue weighted by Gasteiger charge is 2.34. The molecule has 29 heavy (non-hydrogen) atoms. The van der Waals surface area contributed by atoms with Crippen LogP contribution in [0.2, 0.25) is 0 Å². The molecule has 3 atom stereocenters. The molecule has 3 N–H and O–H groups in total. The third-order valence-electron chi connectivity index (χ3n) is 5.47. The smallest absolute Gasteiger partial charge is 0.315 e. The lowest BCUT2D eigenvalue weighted by atomic mass is 10.00. The summed E-state index contributed by atoms with van der Waals surface area (Å²) in [4.78, 5) is 26.0. The Kier molecular flexibility index (Phi) is 7.25. The molecule has 2 amide bonds. The molecular formula is C23H29N3O3. The van der Waals surface area contributed by atoms with E-state index in [-0.39, 0.29) is 30.6 Å². The van der Waals surface area contributed by atoms with E-state index in [0.29, 0.717) is 12.8 Å². The summed E-state index contributed by atoms with van der Waals surface area (Å²) in [5.74, 6) is -0.855. The van der Waals surface area contributed by atoms with Gasteiger partial charge in [-0.3, -0.25) is 9.69 Å². The molecule has 2 aromatic rings. The lowest BCUT2D eigenvalue weighted by Crippen LogP contribution is -2.48. The minimum Gasteiger partial charge on any atom is -0.481 e. The molecule has 2 aromatic carbocycles. The molecule has 0 bridgehead atoms. The van der Waals surface area contributed by atoms with Crippen LogP contribution < -0.4 is 10.6 Å². The molecule has 154 valence electrons. The van der Waals surface area contributed by atoms with E-state index in [0.717, 1.165) is 18.5 Å². The number of carboxylic acid groups (broad SMARTS) is 1. The van der Waals surface area contributed by atoms with E-state index < -0.39 is 5.97 Å². The highest BCUT2D eigenvalue weighted by atomic mass is 16.4. The standard InChI is InChI=1S/C23H29N3O3/c1-26-15-14-20(22(26)18-10-6-3-7-11-18)25-23(29)24-19(12-13-21(27)28)16-17-8-4-2-5-9-17/h2-11,19-20,22H,12-16H2,1H3,(H,27,28)(H2,24,25,29). The van der Waals surface area contributed by atoms with Crippen LogP contribution in [0.25, 0.3) is 0 Å². The predicted molar refractivity (Wildman–Crippen MR) is 113 cm³/mol. The number of urea groups is 1. The van der Waals surface area contributed by atoms with Crippen LogP contribution in [0.15, 0.2) is 60.7 Å². The maximum absolute atomic E-state index is 12.7. The van der Waals surface area contributed by atoms with Gasteiger partial charge in [0.2, 0.25) is 0 Å². The Morgan fingerprint density at radius 2 is 1.76 bits per heavy atom. The number of carbonyl (C=O) groups is 2. The molecule has 1 aliphatic heterocycles. The van der Waals surface area contributed by atoms with Crippen molar-refractivity contribution >= 4 is 12.0 Å². The monoisotopic (exact) mass is 395 g/mol. The van der Waals surface area contributed by atoms with E-state index in [1.165, 1.54) is 5.56 Å². The Morgan fingerprint density at radius 1 is 1.10 bits per heavy atom. The number of rotatable bonds is 8. The summed E-state index contributed by atoms with van der Waals surface area (Å²) in [5, 5.41) is 15.2. The molecule has 3 rings (SSSR count). The molecule has 6 heteroatoms. The van der Waals surface area contributed by atoms with Crippen LogP contribution in [-0.4, -0.2) is 47.7 Å². The highest BCUT2D eigenvalue weighted by Crippen LogP contribution is 2.30. The summed E-state index contributed by atoms with van der Waals surface area (Å²) in [5.41, 5.74) is 2.26. The van der Waals surface area contributed by atoms with Crippen molar-refractivity contribution in [2.75, 3.05) is 13.6 Å². The van der Waals surface area contributed by atoms with Gasteiger partial charge in [0.25, 0.3) is 0 Å². The van der Waals surface area contributed by atoms with Gasteiger partial charge in [-0.25, -0.2) is 4.79 Å². The molecule has 0 aliphatic carbocycles. The van der Waals surface area contributed by atoms with E-state index in [2.05, 4.69) is 34.7 Å². The van der Waals surface area contributed by atoms with Crippen molar-refractivity contribution < 1.29 is 14.7 Å². The molecule has 1 saturated heterocycles. The fourth-order valence-electron chi connectivity index (χ4n) is 4.05. The Morgan fingerprint density at radius 3 is 2.41 bits per heavy atom. The van der Waals surface area contributed by atoms with Gasteiger partial charge in [0.15, 0.2) is 0 Å². The number of amides is 2. The summed E-state index contributed by atoms with van der Waals surface area (Å²) < 4.78 is 0. The molecule has 0 aromatic heterocycles. The molecule has 1 fully saturated rings. The molecule has 1 aliphatic rings. The van der Waals surface area contributed by atoms with Gasteiger partial charge in [-0.05, 0) is 37.4 Å². The second-order valence-corrected chi connectivity index (χ2v) is 7.67. The Bertz CT molecular complexity index is 798. The summed E-state index contributed by atoms with van der Waals surface area (Å²) >= 11 is 0. The molecule has 0 spiro atoms. The average Bonchev–Trinajstić information content (AvgIpc) is 3.07. The van der Waals surface area contributed by atoms with E-state index in [9.17, 15) is 9.59 Å². The maximum Gasteiger partial charge on any atom is 0.315 e. The Balaban J connectivity index is 1.63. The van der Waals surface area contributed by atoms with Crippen LogP contribution in [0.1, 0.15) is 36.4 Å². The minimum absolute atomic E-state index is 0.0132. The zero-order chi connectivity index (χ0) is 20.6. The van der Waals surface area contributed by atoms with Crippen molar-refractivity contribution in [2.45, 2.75) is 43.8 Å². The lowest BCUT2D eigenvalue weighted by molar-refractivity contribution is -0.137. The van der Waals surface area contributed by atoms with Crippen LogP contribution in [0.4, 0.5) is 4.79 Å². The zero-order valence-electron chi connectivity index (χ0n) is 16.8. The van der Waals surface area contributed by atoms with Gasteiger partial charge < -0.3 is 15.7 Å². The number of benzene rings is 2. The minimum atomic E-state index is -0.855. The topological polar surface area (TPSA) is 81.7 Å². The largest absolute Gasteiger partial charge is 0.481 e. The van der Waals surface area contributed by atoms with Crippen LogP contribution in [0, 0.1) is 0 Å². The van der Waals surface area contributed by atoms with Crippen LogP contribution in [0.3, 0.4) is 0 Å². The van der Waals surface area contributed by atoms with Crippen molar-refractivity contribution in [1.82, 2.24) is 15.5 Å². The van der Waals surface area contributed by atoms with Crippen LogP contribution in [-0.2, 0) is 11.2 Å². The number of carbonyl (C=O) groups excluding carboxylic acids is 1. The fraction of sp³-hybridized carbons (Fsp3) is 0.391. The van der Waals surface area contributed by atoms with Crippen molar-refractivity contribution in [3.63, 3.8) is 0 Å². The molecule has 0 radical (unpaired) electrons. The lowest BCUT2D eigenvalue weighted by Gasteiger charge is -2.27. The number of likely N-dealkylation sites (N-methyl/N-ethyl adjacent to an activating group) is 1. The predicted octanol–water partition coefficient (Wildman–Crippen LogP) is 3.21. The van der Waals surface area contributed by atoms with Gasteiger partial charge >= 0.3 is 12.0 Å². The molecule has 1 heterocycles. The second-order valence-electron chi connectivity index (χ2n) is 7.67. The van der Waals surface area contributed by atoms with Crippen LogP contribution >= 0.6 is 0 Å². The molecular weight excluding hydrogens is 366 g/mol. The maximum atomic E-state index is 12.7. The van der Waals surface area contributed by atoms with Crippen molar-refractivity contribution in [3.05, 3.63) is 71.8 Å². The van der Waals surface area contributed by atoms with Gasteiger partial charge in [0.1, 0.15) is 0 Å². The fourth-order valence-corrected chi connectivity index (χ4v) is 4.05. The number of hydrogen-bond acceptors (Lipinski definition) is 3. The number of hydrogen-bond donors (Lipinski definition) is 3. The SMILES string of the molecule is CN1CCC(NC(=O)NC(CCC(=O)O)Cc2ccccc2)C1c1ccccc1. The number of nitrogens with zero attached hydrogens (tertiary/aromatic N) is 1. The normalized spacial score (nSPS) is 20.2. The van der Waals surface area contributed by atoms with Gasteiger partial charge in [-0.2, -0.15) is 0 Å². The molecule has 6 nitrogen and oxygen atoms in total. The molecule has 0 saturated carbocycles. The first-order valence-electron chi connectivity index (χ1n) is 10.1. The highest BCUT2D eigenvalue weighted by molar-refractivity contribution is 5.75. The van der Waals surface area contributed by atoms with Crippen LogP contribution in [0.5, 0.6) is 0 Å². The summed E-state index contributed by atoms with van der Waals surface area (Å²) in [6.07, 6.45) is 1.90. The second kappa shape index (κ2) is 10.1. The van der Waals surface area contributed by atoms with Gasteiger partial charge in [-0.1, -0.05) is 60.7 Å². The average molecular weight is 396 g/mol. The van der Waals surface area contributed by atoms with E-state index in [1.54, 1.807) is 0 Å². The van der Waals surface area contributed by atoms with Gasteiger partial charge in [0, 0.05) is 19.0 Å². The quantitative estimate of drug-likeness (QED) is 0.641. The number of likely N-dealkylation sites (tertiary alicyclic amines) is 1. The van der Waals surface area contributed by atoms with Crippen molar-refractivity contribution in [1.29, 1.82) is 0 Å². The number of aliphatic carboxylic acids is 1. The third-order valence-corrected chi connectivity index (χ3v) is 5.47. The van der Waals surface area contributed by atoms with Gasteiger partial charge in [0.05, 0.1) is 12.1 Å². The first-order chi connectivity index (χ1) is 14.0. The summed E-state index contributed by atoms with van der Waals surface area (Å²) in [7, 11) is 2.07. The number of carboxylic acids is 1. The number of nitrogens with one attached hydrogen (secondary N) is 2. The summed E-state index contributed by atoms with van der Waals surface area (Å²) in [6.45, 7) is 0.914. The Labute approximate surface area is 171 Å². The Hall–Kier alpha value is -2.86. The van der Waals surface area contributed by atoms with Crippen molar-refractivity contribution in [2.24, 2.45) is 0 Å². The van der Waals surface area contributed by atoms with Crippen molar-refractivity contribution in [3.8, 4) is 0 Å². The summed E-state index contributed by atoms with van der Waals surface area (Å²) in [6, 6.07) is 19.7. The van der Waals surface area contributed by atoms with E-state index >= 15 is 0 Å². The zero-order valence-corrected chi connectivity index (χ0v) is 16.8. The van der Waals surface area contributed by atoms with E-state index in [1.807, 2.05) is 48.5 Å². The first-order valence-corrected chi connectivity index (χ1v) is 10.1. The van der Waals surface area contributed by atoms with Gasteiger partial charge in [-0.15, -0.1) is 0 Å². The third kappa shape index (κ3) is 6.06. The first kappa shape index (κ1) is 20.9. The molecule has 3 unspecified atom stereocenters. The van der Waals surface area contributed by atoms with E-state index in [4.69, 9.17) is 5.11 Å².